The quantitative estimate of drug-likeness (QED) is 0.604. The third kappa shape index (κ3) is 3.80. The molecule has 102 valence electrons. The molecule has 0 amide bonds. The zero-order chi connectivity index (χ0) is 13.8. The van der Waals surface area contributed by atoms with E-state index in [2.05, 4.69) is 88.0 Å². The van der Waals surface area contributed by atoms with Crippen LogP contribution in [0, 0.1) is 3.57 Å². The smallest absolute Gasteiger partial charge is 0.0681 e. The second-order valence-electron chi connectivity index (χ2n) is 4.31. The molecule has 1 N–H and O–H groups in total. The number of aryl methyl sites for hydroxylation is 1. The molecular weight excluding hydrogens is 433 g/mol. The van der Waals surface area contributed by atoms with Crippen molar-refractivity contribution in [1.29, 1.82) is 0 Å². The van der Waals surface area contributed by atoms with Crippen LogP contribution in [-0.4, -0.2) is 6.54 Å². The summed E-state index contributed by atoms with van der Waals surface area (Å²) in [4.78, 5) is 2.85. The molecule has 4 heteroatoms. The molecule has 0 aliphatic rings. The maximum atomic E-state index is 3.61. The van der Waals surface area contributed by atoms with Gasteiger partial charge in [0.2, 0.25) is 0 Å². The average Bonchev–Trinajstić information content (AvgIpc) is 2.88. The van der Waals surface area contributed by atoms with Crippen LogP contribution in [0.25, 0.3) is 0 Å². The fourth-order valence-electron chi connectivity index (χ4n) is 2.04. The molecule has 1 nitrogen and oxygen atoms in total. The fraction of sp³-hybridized carbons (Fsp3) is 0.333. The van der Waals surface area contributed by atoms with Crippen LogP contribution in [0.1, 0.15) is 35.2 Å². The number of nitrogens with one attached hydrogen (secondary N) is 1. The topological polar surface area (TPSA) is 12.0 Å². The highest BCUT2D eigenvalue weighted by atomic mass is 127. The maximum Gasteiger partial charge on any atom is 0.0681 e. The van der Waals surface area contributed by atoms with Gasteiger partial charge in [-0.25, -0.2) is 0 Å². The van der Waals surface area contributed by atoms with Crippen molar-refractivity contribution in [2.45, 2.75) is 26.3 Å². The van der Waals surface area contributed by atoms with Crippen molar-refractivity contribution >= 4 is 49.9 Å². The van der Waals surface area contributed by atoms with Gasteiger partial charge < -0.3 is 5.32 Å². The Morgan fingerprint density at radius 2 is 2.05 bits per heavy atom. The zero-order valence-electron chi connectivity index (χ0n) is 11.0. The van der Waals surface area contributed by atoms with Crippen LogP contribution in [0.5, 0.6) is 0 Å². The molecule has 0 aliphatic carbocycles. The number of hydrogen-bond donors (Lipinski definition) is 1. The zero-order valence-corrected chi connectivity index (χ0v) is 15.6. The molecule has 1 unspecified atom stereocenters. The summed E-state index contributed by atoms with van der Waals surface area (Å²) in [6.45, 7) is 5.33. The molecule has 0 radical (unpaired) electrons. The minimum Gasteiger partial charge on any atom is -0.306 e. The summed E-state index contributed by atoms with van der Waals surface area (Å²) in [5.41, 5.74) is 1.35. The van der Waals surface area contributed by atoms with Gasteiger partial charge in [-0.05, 0) is 71.5 Å². The summed E-state index contributed by atoms with van der Waals surface area (Å²) in [6.07, 6.45) is 1.11. The molecule has 0 aliphatic heterocycles. The largest absolute Gasteiger partial charge is 0.306 e. The molecule has 2 aromatic rings. The van der Waals surface area contributed by atoms with Crippen molar-refractivity contribution in [2.75, 3.05) is 6.54 Å². The Labute approximate surface area is 141 Å². The number of hydrogen-bond acceptors (Lipinski definition) is 2. The summed E-state index contributed by atoms with van der Waals surface area (Å²) in [5.74, 6) is 0. The normalized spacial score (nSPS) is 12.6. The van der Waals surface area contributed by atoms with Crippen molar-refractivity contribution in [1.82, 2.24) is 5.32 Å². The summed E-state index contributed by atoms with van der Waals surface area (Å²) < 4.78 is 2.44. The lowest BCUT2D eigenvalue weighted by Gasteiger charge is -2.19. The van der Waals surface area contributed by atoms with E-state index in [0.717, 1.165) is 17.4 Å². The van der Waals surface area contributed by atoms with Gasteiger partial charge in [-0.15, -0.1) is 11.3 Å². The Balaban J connectivity index is 2.41. The van der Waals surface area contributed by atoms with Crippen LogP contribution in [-0.2, 0) is 6.42 Å². The van der Waals surface area contributed by atoms with Crippen LogP contribution >= 0.6 is 49.9 Å². The molecule has 0 bridgehead atoms. The molecule has 0 spiro atoms. The van der Waals surface area contributed by atoms with E-state index in [0.29, 0.717) is 6.04 Å². The highest BCUT2D eigenvalue weighted by Crippen LogP contribution is 2.32. The molecule has 1 atom stereocenters. The molecular formula is C15H17BrINS. The molecule has 0 saturated carbocycles. The Morgan fingerprint density at radius 1 is 1.26 bits per heavy atom. The van der Waals surface area contributed by atoms with E-state index in [1.54, 1.807) is 0 Å². The third-order valence-corrected chi connectivity index (χ3v) is 5.76. The van der Waals surface area contributed by atoms with Crippen LogP contribution < -0.4 is 5.32 Å². The highest BCUT2D eigenvalue weighted by Gasteiger charge is 2.18. The summed E-state index contributed by atoms with van der Waals surface area (Å²) in [6, 6.07) is 11.3. The Hall–Kier alpha value is 0.0900. The van der Waals surface area contributed by atoms with Crippen LogP contribution in [0.15, 0.2) is 34.8 Å². The fourth-order valence-corrected chi connectivity index (χ4v) is 4.12. The molecule has 19 heavy (non-hydrogen) atoms. The Morgan fingerprint density at radius 3 is 2.68 bits per heavy atom. The number of thiophene rings is 1. The van der Waals surface area contributed by atoms with E-state index in [-0.39, 0.29) is 0 Å². The number of rotatable bonds is 5. The minimum absolute atomic E-state index is 0.291. The molecule has 1 aromatic carbocycles. The lowest BCUT2D eigenvalue weighted by Crippen LogP contribution is -2.22. The van der Waals surface area contributed by atoms with Gasteiger partial charge in [0, 0.05) is 17.8 Å². The summed E-state index contributed by atoms with van der Waals surface area (Å²) >= 11 is 7.91. The first kappa shape index (κ1) is 15.5. The van der Waals surface area contributed by atoms with Gasteiger partial charge in [0.1, 0.15) is 0 Å². The van der Waals surface area contributed by atoms with E-state index in [4.69, 9.17) is 0 Å². The predicted molar refractivity (Wildman–Crippen MR) is 96.1 cm³/mol. The molecule has 2 rings (SSSR count). The lowest BCUT2D eigenvalue weighted by molar-refractivity contribution is 0.637. The summed E-state index contributed by atoms with van der Waals surface area (Å²) in [7, 11) is 0. The Bertz CT molecular complexity index is 553. The third-order valence-electron chi connectivity index (χ3n) is 2.99. The number of benzene rings is 1. The monoisotopic (exact) mass is 449 g/mol. The van der Waals surface area contributed by atoms with Crippen molar-refractivity contribution < 1.29 is 0 Å². The van der Waals surface area contributed by atoms with Gasteiger partial charge >= 0.3 is 0 Å². The number of halogens is 2. The van der Waals surface area contributed by atoms with Gasteiger partial charge in [-0.2, -0.15) is 0 Å². The summed E-state index contributed by atoms with van der Waals surface area (Å²) in [5, 5.41) is 3.61. The van der Waals surface area contributed by atoms with Gasteiger partial charge in [0.05, 0.1) is 6.04 Å². The first-order valence-electron chi connectivity index (χ1n) is 6.42. The SMILES string of the molecule is CCNC(c1ccc(CC)s1)c1cc(Br)ccc1I. The molecule has 1 heterocycles. The average molecular weight is 450 g/mol. The van der Waals surface area contributed by atoms with E-state index in [1.165, 1.54) is 18.9 Å². The van der Waals surface area contributed by atoms with Gasteiger partial charge in [-0.1, -0.05) is 29.8 Å². The lowest BCUT2D eigenvalue weighted by atomic mass is 10.1. The molecule has 1 aromatic heterocycles. The van der Waals surface area contributed by atoms with Crippen LogP contribution in [0.3, 0.4) is 0 Å². The first-order valence-corrected chi connectivity index (χ1v) is 9.11. The van der Waals surface area contributed by atoms with Crippen molar-refractivity contribution in [2.24, 2.45) is 0 Å². The highest BCUT2D eigenvalue weighted by molar-refractivity contribution is 14.1. The molecule has 0 saturated heterocycles. The maximum absolute atomic E-state index is 3.61. The van der Waals surface area contributed by atoms with Gasteiger partial charge in [-0.3, -0.25) is 0 Å². The van der Waals surface area contributed by atoms with Gasteiger partial charge in [0.15, 0.2) is 0 Å². The van der Waals surface area contributed by atoms with E-state index < -0.39 is 0 Å². The van der Waals surface area contributed by atoms with Crippen molar-refractivity contribution in [3.05, 3.63) is 53.7 Å². The van der Waals surface area contributed by atoms with E-state index in [1.807, 2.05) is 11.3 Å². The second-order valence-corrected chi connectivity index (χ2v) is 7.59. The predicted octanol–water partition coefficient (Wildman–Crippen LogP) is 5.38. The second kappa shape index (κ2) is 7.20. The van der Waals surface area contributed by atoms with E-state index in [9.17, 15) is 0 Å². The van der Waals surface area contributed by atoms with Crippen molar-refractivity contribution in [3.8, 4) is 0 Å². The van der Waals surface area contributed by atoms with E-state index >= 15 is 0 Å². The minimum atomic E-state index is 0.291. The van der Waals surface area contributed by atoms with Crippen molar-refractivity contribution in [3.63, 3.8) is 0 Å². The Kier molecular flexibility index (Phi) is 5.87. The van der Waals surface area contributed by atoms with Gasteiger partial charge in [0.25, 0.3) is 0 Å². The first-order chi connectivity index (χ1) is 9.15. The van der Waals surface area contributed by atoms with Crippen LogP contribution in [0.2, 0.25) is 0 Å². The molecule has 0 fully saturated rings. The standard InChI is InChI=1S/C15H17BrINS/c1-3-11-6-8-14(19-11)15(18-4-2)12-9-10(16)5-7-13(12)17/h5-9,15,18H,3-4H2,1-2H3. The van der Waals surface area contributed by atoms with Crippen LogP contribution in [0.4, 0.5) is 0 Å².